The number of hydrogen-bond acceptors (Lipinski definition) is 12. The van der Waals surface area contributed by atoms with Crippen LogP contribution >= 0.6 is 0 Å². The van der Waals surface area contributed by atoms with Crippen molar-refractivity contribution < 1.29 is 74.4 Å². The molecule has 0 saturated carbocycles. The van der Waals surface area contributed by atoms with Crippen molar-refractivity contribution >= 4 is 43.1 Å². The molecule has 3 N–H and O–H groups in total. The number of halogens is 6. The summed E-state index contributed by atoms with van der Waals surface area (Å²) in [7, 11) is -0.173. The lowest BCUT2D eigenvalue weighted by atomic mass is 10.1. The van der Waals surface area contributed by atoms with Gasteiger partial charge in [-0.05, 0) is 46.8 Å². The lowest BCUT2D eigenvalue weighted by molar-refractivity contribution is -0.138. The molecule has 3 atom stereocenters. The van der Waals surface area contributed by atoms with Crippen molar-refractivity contribution in [3.8, 4) is 11.8 Å². The Morgan fingerprint density at radius 2 is 1.46 bits per heavy atom. The smallest absolute Gasteiger partial charge is 0.419 e. The van der Waals surface area contributed by atoms with Crippen LogP contribution in [-0.4, -0.2) is 107 Å². The van der Waals surface area contributed by atoms with E-state index in [-0.39, 0.29) is 36.3 Å². The van der Waals surface area contributed by atoms with E-state index < -0.39 is 92.2 Å². The van der Waals surface area contributed by atoms with Crippen molar-refractivity contribution in [1.29, 1.82) is 0 Å². The van der Waals surface area contributed by atoms with Gasteiger partial charge in [0, 0.05) is 43.0 Å². The van der Waals surface area contributed by atoms with Gasteiger partial charge in [0.25, 0.3) is 0 Å². The number of fused-ring (bicyclic) bond motifs is 1. The lowest BCUT2D eigenvalue weighted by Gasteiger charge is -2.38. The predicted molar refractivity (Wildman–Crippen MR) is 239 cm³/mol. The van der Waals surface area contributed by atoms with Crippen molar-refractivity contribution in [2.45, 2.75) is 82.5 Å². The molecule has 23 heteroatoms. The number of pyridine rings is 3. The highest BCUT2D eigenvalue weighted by Gasteiger charge is 2.48. The second kappa shape index (κ2) is 21.6. The molecule has 69 heavy (non-hydrogen) atoms. The molecule has 1 aliphatic heterocycles. The normalized spacial score (nSPS) is 15.7. The van der Waals surface area contributed by atoms with E-state index in [2.05, 4.69) is 20.3 Å². The van der Waals surface area contributed by atoms with E-state index in [9.17, 15) is 55.7 Å². The number of carbonyl (C=O) groups is 4. The predicted octanol–water partition coefficient (Wildman–Crippen LogP) is 9.28. The Labute approximate surface area is 393 Å². The number of nitrogens with one attached hydrogen (secondary N) is 1. The van der Waals surface area contributed by atoms with Gasteiger partial charge in [-0.15, -0.1) is 0 Å². The van der Waals surface area contributed by atoms with Crippen molar-refractivity contribution in [1.82, 2.24) is 30.1 Å². The Kier molecular flexibility index (Phi) is 16.6. The van der Waals surface area contributed by atoms with Gasteiger partial charge in [0.05, 0.1) is 44.3 Å². The number of hydrogen-bond donors (Lipinski definition) is 3. The number of ether oxygens (including phenoxy) is 3. The Morgan fingerprint density at radius 1 is 0.870 bits per heavy atom. The average Bonchev–Trinajstić information content (AvgIpc) is 3.65. The van der Waals surface area contributed by atoms with E-state index in [1.54, 1.807) is 42.7 Å². The largest absolute Gasteiger partial charge is 0.481 e. The van der Waals surface area contributed by atoms with Crippen molar-refractivity contribution in [3.63, 3.8) is 0 Å². The fourth-order valence-corrected chi connectivity index (χ4v) is 7.68. The van der Waals surface area contributed by atoms with Crippen LogP contribution in [0.5, 0.6) is 11.8 Å². The zero-order chi connectivity index (χ0) is 51.1. The maximum atomic E-state index is 13.5. The number of ketones is 1. The second-order valence-electron chi connectivity index (χ2n) is 17.1. The maximum Gasteiger partial charge on any atom is 0.419 e. The molecule has 370 valence electrons. The number of methoxy groups -OCH3 is 2. The molecule has 6 rings (SSSR count). The van der Waals surface area contributed by atoms with E-state index in [4.69, 9.17) is 18.6 Å². The number of aromatic nitrogens is 3. The quantitative estimate of drug-likeness (QED) is 0.0540. The number of rotatable bonds is 14. The maximum absolute atomic E-state index is 13.5. The molecule has 1 aliphatic rings. The standard InChI is InChI=1S/C24H31F3N2O5Si.C22H19F3N4O5/c1-23(2,3)35(5,6)34-15-19(29(22(31)32)14-16-10-8-7-9-11-16)21(30)18-12-17(24(25,26)27)13-20(28-18)33-4;1-33-18-7-14(22(23,24)25)6-16(28-18)19-17(11-30)29(21(32)34-19)20(31)27-10-13-9-26-8-12-4-2-3-5-15(12)13/h7-13,19H,14-15H2,1-6H3,(H,31,32);2-9,17,19,30H,10-11H2,1H3,(H,27,31)/t19-;17-,19+/m00/s1. The second-order valence-corrected chi connectivity index (χ2v) is 21.9. The van der Waals surface area contributed by atoms with Gasteiger partial charge in [0.1, 0.15) is 17.8 Å². The van der Waals surface area contributed by atoms with Crippen LogP contribution in [0, 0.1) is 0 Å². The zero-order valence-corrected chi connectivity index (χ0v) is 39.4. The number of cyclic esters (lactones) is 1. The number of urea groups is 1. The molecule has 0 radical (unpaired) electrons. The fraction of sp³-hybridized carbons (Fsp3) is 0.370. The molecular weight excluding hydrogens is 939 g/mol. The highest BCUT2D eigenvalue weighted by molar-refractivity contribution is 6.74. The van der Waals surface area contributed by atoms with Crippen molar-refractivity contribution in [2.24, 2.45) is 0 Å². The molecule has 1 saturated heterocycles. The zero-order valence-electron chi connectivity index (χ0n) is 38.4. The molecule has 0 bridgehead atoms. The molecule has 5 aromatic rings. The van der Waals surface area contributed by atoms with Crippen LogP contribution in [0.2, 0.25) is 18.1 Å². The molecule has 16 nitrogen and oxygen atoms in total. The summed E-state index contributed by atoms with van der Waals surface area (Å²) in [5.74, 6) is -1.67. The monoisotopic (exact) mass is 988 g/mol. The Hall–Kier alpha value is -6.85. The summed E-state index contributed by atoms with van der Waals surface area (Å²) in [6, 6.07) is 15.0. The molecule has 1 fully saturated rings. The first-order valence-corrected chi connectivity index (χ1v) is 23.9. The number of aliphatic hydroxyl groups excluding tert-OH is 1. The number of benzene rings is 2. The lowest BCUT2D eigenvalue weighted by Crippen LogP contribution is -2.51. The summed E-state index contributed by atoms with van der Waals surface area (Å²) in [5, 5.41) is 23.9. The third-order valence-corrected chi connectivity index (χ3v) is 16.0. The summed E-state index contributed by atoms with van der Waals surface area (Å²) in [4.78, 5) is 64.5. The van der Waals surface area contributed by atoms with Gasteiger partial charge in [0.2, 0.25) is 17.5 Å². The van der Waals surface area contributed by atoms with Crippen LogP contribution in [-0.2, 0) is 34.6 Å². The minimum absolute atomic E-state index is 0.00934. The molecule has 4 heterocycles. The highest BCUT2D eigenvalue weighted by Crippen LogP contribution is 2.39. The third kappa shape index (κ3) is 13.0. The van der Waals surface area contributed by atoms with Crippen molar-refractivity contribution in [2.75, 3.05) is 27.4 Å². The molecule has 0 aliphatic carbocycles. The van der Waals surface area contributed by atoms with Gasteiger partial charge >= 0.3 is 30.6 Å². The molecule has 4 amide bonds. The van der Waals surface area contributed by atoms with Gasteiger partial charge in [-0.1, -0.05) is 75.4 Å². The van der Waals surface area contributed by atoms with Crippen LogP contribution in [0.1, 0.15) is 65.3 Å². The summed E-state index contributed by atoms with van der Waals surface area (Å²) >= 11 is 0. The van der Waals surface area contributed by atoms with E-state index in [1.807, 2.05) is 58.1 Å². The van der Waals surface area contributed by atoms with Gasteiger partial charge in [-0.25, -0.2) is 29.3 Å². The molecule has 2 aromatic carbocycles. The summed E-state index contributed by atoms with van der Waals surface area (Å²) < 4.78 is 101. The number of carbonyl (C=O) groups excluding carboxylic acids is 3. The van der Waals surface area contributed by atoms with E-state index in [0.29, 0.717) is 40.3 Å². The number of nitrogens with zero attached hydrogens (tertiary/aromatic N) is 5. The minimum Gasteiger partial charge on any atom is -0.481 e. The number of alkyl halides is 6. The molecular formula is C46H50F6N6O10Si. The highest BCUT2D eigenvalue weighted by atomic mass is 28.4. The first-order chi connectivity index (χ1) is 32.3. The number of aliphatic hydroxyl groups is 1. The first-order valence-electron chi connectivity index (χ1n) is 21.0. The minimum atomic E-state index is -4.76. The summed E-state index contributed by atoms with van der Waals surface area (Å²) in [6.45, 7) is 8.56. The Bertz CT molecular complexity index is 2630. The Morgan fingerprint density at radius 3 is 2.04 bits per heavy atom. The van der Waals surface area contributed by atoms with Crippen molar-refractivity contribution in [3.05, 3.63) is 125 Å². The van der Waals surface area contributed by atoms with E-state index >= 15 is 0 Å². The van der Waals surface area contributed by atoms with E-state index in [1.165, 1.54) is 0 Å². The fourth-order valence-electron chi connectivity index (χ4n) is 6.67. The van der Waals surface area contributed by atoms with Gasteiger partial charge in [-0.2, -0.15) is 26.3 Å². The molecule has 3 aromatic heterocycles. The number of Topliss-reactive ketones (excluding diaryl/α,β-unsaturated/α-hetero) is 1. The summed E-state index contributed by atoms with van der Waals surface area (Å²) in [5.41, 5.74) is -1.78. The molecule has 0 spiro atoms. The number of amides is 4. The van der Waals surface area contributed by atoms with Gasteiger partial charge < -0.3 is 34.2 Å². The van der Waals surface area contributed by atoms with Crippen LogP contribution < -0.4 is 14.8 Å². The van der Waals surface area contributed by atoms with Crippen LogP contribution in [0.3, 0.4) is 0 Å². The van der Waals surface area contributed by atoms with Crippen LogP contribution in [0.4, 0.5) is 40.7 Å². The number of imide groups is 1. The SMILES string of the molecule is COc1cc(C(F)(F)F)cc(C(=O)[C@H](CO[Si](C)(C)C(C)(C)C)N(Cc2ccccc2)C(=O)O)n1.COc1cc(C(F)(F)F)cc([C@H]2OC(=O)N(C(=O)NCc3cncc4ccccc34)[C@H]2CO)n1. The number of carboxylic acid groups (broad SMARTS) is 1. The molecule has 0 unspecified atom stereocenters. The average molecular weight is 989 g/mol. The van der Waals surface area contributed by atoms with E-state index in [0.717, 1.165) is 29.9 Å². The van der Waals surface area contributed by atoms with Gasteiger partial charge in [0.15, 0.2) is 14.4 Å². The van der Waals surface area contributed by atoms with Crippen LogP contribution in [0.15, 0.2) is 91.3 Å². The Balaban J connectivity index is 0.000000257. The van der Waals surface area contributed by atoms with Crippen LogP contribution in [0.25, 0.3) is 10.8 Å². The topological polar surface area (TPSA) is 203 Å². The first kappa shape index (κ1) is 53.1. The summed E-state index contributed by atoms with van der Waals surface area (Å²) in [6.07, 6.45) is -10.2. The van der Waals surface area contributed by atoms with Gasteiger partial charge in [-0.3, -0.25) is 14.7 Å². The third-order valence-electron chi connectivity index (χ3n) is 11.5.